The highest BCUT2D eigenvalue weighted by atomic mass is 35.5. The first-order chi connectivity index (χ1) is 9.19. The Labute approximate surface area is 123 Å². The molecule has 0 saturated heterocycles. The van der Waals surface area contributed by atoms with Gasteiger partial charge in [0.25, 0.3) is 0 Å². The second kappa shape index (κ2) is 6.99. The van der Waals surface area contributed by atoms with E-state index in [0.29, 0.717) is 6.04 Å². The van der Waals surface area contributed by atoms with Crippen LogP contribution in [0.15, 0.2) is 41.0 Å². The lowest BCUT2D eigenvalue weighted by molar-refractivity contribution is 0.460. The predicted octanol–water partition coefficient (Wildman–Crippen LogP) is 4.35. The Morgan fingerprint density at radius 3 is 2.79 bits per heavy atom. The molecule has 1 unspecified atom stereocenters. The van der Waals surface area contributed by atoms with Crippen molar-refractivity contribution in [2.24, 2.45) is 0 Å². The van der Waals surface area contributed by atoms with Crippen LogP contribution in [0.3, 0.4) is 0 Å². The fourth-order valence-electron chi connectivity index (χ4n) is 2.08. The third kappa shape index (κ3) is 4.27. The van der Waals surface area contributed by atoms with E-state index in [2.05, 4.69) is 5.32 Å². The molecule has 0 aliphatic rings. The Bertz CT molecular complexity index is 511. The largest absolute Gasteiger partial charge is 0.469 e. The SMILES string of the molecule is CNC(CCc1ccco1)Cc1cc(Cl)ccc1Cl. The molecule has 0 saturated carbocycles. The molecule has 0 aliphatic heterocycles. The molecule has 2 aromatic rings. The fourth-order valence-corrected chi connectivity index (χ4v) is 2.47. The molecule has 0 amide bonds. The highest BCUT2D eigenvalue weighted by Crippen LogP contribution is 2.22. The monoisotopic (exact) mass is 297 g/mol. The standard InChI is InChI=1S/C15H17Cl2NO/c1-18-13(5-6-14-3-2-8-19-14)10-11-9-12(16)4-7-15(11)17/h2-4,7-9,13,18H,5-6,10H2,1H3. The minimum atomic E-state index is 0.348. The smallest absolute Gasteiger partial charge is 0.103 e. The van der Waals surface area contributed by atoms with Gasteiger partial charge in [0.2, 0.25) is 0 Å². The summed E-state index contributed by atoms with van der Waals surface area (Å²) < 4.78 is 5.35. The van der Waals surface area contributed by atoms with Gasteiger partial charge in [-0.3, -0.25) is 0 Å². The molecule has 2 rings (SSSR count). The van der Waals surface area contributed by atoms with E-state index in [0.717, 1.165) is 40.6 Å². The van der Waals surface area contributed by atoms with Crippen LogP contribution in [0.1, 0.15) is 17.7 Å². The van der Waals surface area contributed by atoms with Crippen LogP contribution < -0.4 is 5.32 Å². The highest BCUT2D eigenvalue weighted by molar-refractivity contribution is 6.33. The molecule has 0 radical (unpaired) electrons. The highest BCUT2D eigenvalue weighted by Gasteiger charge is 2.11. The lowest BCUT2D eigenvalue weighted by Crippen LogP contribution is -2.28. The molecule has 1 atom stereocenters. The van der Waals surface area contributed by atoms with Crippen molar-refractivity contribution in [2.45, 2.75) is 25.3 Å². The van der Waals surface area contributed by atoms with Crippen LogP contribution in [-0.4, -0.2) is 13.1 Å². The van der Waals surface area contributed by atoms with E-state index in [1.807, 2.05) is 37.4 Å². The van der Waals surface area contributed by atoms with Crippen molar-refractivity contribution in [1.29, 1.82) is 0 Å². The second-order valence-corrected chi connectivity index (χ2v) is 5.39. The summed E-state index contributed by atoms with van der Waals surface area (Å²) in [5.74, 6) is 1.01. The first kappa shape index (κ1) is 14.4. The number of hydrogen-bond acceptors (Lipinski definition) is 2. The first-order valence-electron chi connectivity index (χ1n) is 6.32. The summed E-state index contributed by atoms with van der Waals surface area (Å²) in [6.07, 6.45) is 4.47. The maximum atomic E-state index is 6.19. The second-order valence-electron chi connectivity index (χ2n) is 4.54. The lowest BCUT2D eigenvalue weighted by atomic mass is 10.0. The van der Waals surface area contributed by atoms with Gasteiger partial charge in [-0.25, -0.2) is 0 Å². The van der Waals surface area contributed by atoms with Crippen molar-refractivity contribution >= 4 is 23.2 Å². The van der Waals surface area contributed by atoms with Gasteiger partial charge >= 0.3 is 0 Å². The van der Waals surface area contributed by atoms with Gasteiger partial charge in [0.15, 0.2) is 0 Å². The van der Waals surface area contributed by atoms with E-state index in [9.17, 15) is 0 Å². The van der Waals surface area contributed by atoms with Crippen LogP contribution in [0.2, 0.25) is 10.0 Å². The van der Waals surface area contributed by atoms with Crippen LogP contribution >= 0.6 is 23.2 Å². The Morgan fingerprint density at radius 2 is 2.11 bits per heavy atom. The summed E-state index contributed by atoms with van der Waals surface area (Å²) in [6, 6.07) is 9.85. The molecule has 0 spiro atoms. The van der Waals surface area contributed by atoms with Crippen molar-refractivity contribution in [2.75, 3.05) is 7.05 Å². The number of aryl methyl sites for hydroxylation is 1. The van der Waals surface area contributed by atoms with Gasteiger partial charge in [-0.05, 0) is 55.8 Å². The lowest BCUT2D eigenvalue weighted by Gasteiger charge is -2.16. The van der Waals surface area contributed by atoms with E-state index in [4.69, 9.17) is 27.6 Å². The molecule has 1 N–H and O–H groups in total. The van der Waals surface area contributed by atoms with Gasteiger partial charge in [0, 0.05) is 22.5 Å². The number of benzene rings is 1. The molecule has 1 aromatic carbocycles. The van der Waals surface area contributed by atoms with E-state index in [1.54, 1.807) is 6.26 Å². The van der Waals surface area contributed by atoms with Crippen LogP contribution in [-0.2, 0) is 12.8 Å². The Hall–Kier alpha value is -0.960. The molecule has 1 aromatic heterocycles. The van der Waals surface area contributed by atoms with Gasteiger partial charge in [-0.15, -0.1) is 0 Å². The quantitative estimate of drug-likeness (QED) is 0.857. The Balaban J connectivity index is 1.96. The zero-order chi connectivity index (χ0) is 13.7. The number of nitrogens with one attached hydrogen (secondary N) is 1. The number of likely N-dealkylation sites (N-methyl/N-ethyl adjacent to an activating group) is 1. The third-order valence-corrected chi connectivity index (χ3v) is 3.81. The van der Waals surface area contributed by atoms with Crippen LogP contribution in [0.4, 0.5) is 0 Å². The van der Waals surface area contributed by atoms with Gasteiger partial charge in [0.05, 0.1) is 6.26 Å². The molecule has 0 aliphatic carbocycles. The maximum absolute atomic E-state index is 6.19. The zero-order valence-electron chi connectivity index (χ0n) is 10.8. The topological polar surface area (TPSA) is 25.2 Å². The molecule has 102 valence electrons. The Morgan fingerprint density at radius 1 is 1.26 bits per heavy atom. The molecule has 0 bridgehead atoms. The van der Waals surface area contributed by atoms with Crippen molar-refractivity contribution in [1.82, 2.24) is 5.32 Å². The Kier molecular flexibility index (Phi) is 5.32. The number of rotatable bonds is 6. The van der Waals surface area contributed by atoms with Crippen LogP contribution in [0.5, 0.6) is 0 Å². The van der Waals surface area contributed by atoms with E-state index >= 15 is 0 Å². The van der Waals surface area contributed by atoms with Crippen molar-refractivity contribution < 1.29 is 4.42 Å². The number of hydrogen-bond donors (Lipinski definition) is 1. The van der Waals surface area contributed by atoms with Gasteiger partial charge in [-0.1, -0.05) is 23.2 Å². The summed E-state index contributed by atoms with van der Waals surface area (Å²) in [5, 5.41) is 4.81. The predicted molar refractivity (Wildman–Crippen MR) is 80.0 cm³/mol. The molecule has 0 fully saturated rings. The number of furan rings is 1. The number of halogens is 2. The molecule has 1 heterocycles. The third-order valence-electron chi connectivity index (χ3n) is 3.20. The summed E-state index contributed by atoms with van der Waals surface area (Å²) >= 11 is 12.2. The van der Waals surface area contributed by atoms with Gasteiger partial charge in [0.1, 0.15) is 5.76 Å². The van der Waals surface area contributed by atoms with Crippen LogP contribution in [0.25, 0.3) is 0 Å². The average Bonchev–Trinajstić information content (AvgIpc) is 2.91. The minimum absolute atomic E-state index is 0.348. The normalized spacial score (nSPS) is 12.6. The van der Waals surface area contributed by atoms with Gasteiger partial charge < -0.3 is 9.73 Å². The fraction of sp³-hybridized carbons (Fsp3) is 0.333. The van der Waals surface area contributed by atoms with Crippen molar-refractivity contribution in [3.8, 4) is 0 Å². The zero-order valence-corrected chi connectivity index (χ0v) is 12.3. The summed E-state index contributed by atoms with van der Waals surface area (Å²) in [6.45, 7) is 0. The van der Waals surface area contributed by atoms with Crippen molar-refractivity contribution in [3.63, 3.8) is 0 Å². The summed E-state index contributed by atoms with van der Waals surface area (Å²) in [5.41, 5.74) is 1.08. The minimum Gasteiger partial charge on any atom is -0.469 e. The first-order valence-corrected chi connectivity index (χ1v) is 7.08. The summed E-state index contributed by atoms with van der Waals surface area (Å²) in [7, 11) is 1.96. The molecule has 2 nitrogen and oxygen atoms in total. The molecule has 19 heavy (non-hydrogen) atoms. The molecular weight excluding hydrogens is 281 g/mol. The van der Waals surface area contributed by atoms with Gasteiger partial charge in [-0.2, -0.15) is 0 Å². The van der Waals surface area contributed by atoms with Crippen molar-refractivity contribution in [3.05, 3.63) is 58.0 Å². The molecule has 4 heteroatoms. The maximum Gasteiger partial charge on any atom is 0.103 e. The van der Waals surface area contributed by atoms with Crippen LogP contribution in [0, 0.1) is 0 Å². The van der Waals surface area contributed by atoms with E-state index in [1.165, 1.54) is 0 Å². The van der Waals surface area contributed by atoms with E-state index < -0.39 is 0 Å². The van der Waals surface area contributed by atoms with E-state index in [-0.39, 0.29) is 0 Å². The molecular formula is C15H17Cl2NO. The average molecular weight is 298 g/mol. The summed E-state index contributed by atoms with van der Waals surface area (Å²) in [4.78, 5) is 0.